The maximum atomic E-state index is 12.9. The Morgan fingerprint density at radius 1 is 0.810 bits per heavy atom. The number of nitrogens with one attached hydrogen (secondary N) is 2. The van der Waals surface area contributed by atoms with Crippen LogP contribution in [0.5, 0.6) is 23.0 Å². The maximum absolute atomic E-state index is 12.9. The van der Waals surface area contributed by atoms with Gasteiger partial charge in [0.15, 0.2) is 11.5 Å². The van der Waals surface area contributed by atoms with E-state index in [4.69, 9.17) is 18.9 Å². The summed E-state index contributed by atoms with van der Waals surface area (Å²) in [6.45, 7) is 0. The lowest BCUT2D eigenvalue weighted by molar-refractivity contribution is -0.117. The number of esters is 1. The van der Waals surface area contributed by atoms with Gasteiger partial charge in [-0.1, -0.05) is 36.4 Å². The summed E-state index contributed by atoms with van der Waals surface area (Å²) in [6.07, 6.45) is 2.95. The van der Waals surface area contributed by atoms with E-state index in [1.807, 2.05) is 17.5 Å². The topological polar surface area (TPSA) is 125 Å². The molecule has 0 spiro atoms. The fourth-order valence-electron chi connectivity index (χ4n) is 3.71. The van der Waals surface area contributed by atoms with Crippen LogP contribution in [0.3, 0.4) is 0 Å². The molecular formula is C31H27N3O7S. The molecule has 0 aliphatic heterocycles. The Labute approximate surface area is 246 Å². The molecule has 11 heteroatoms. The van der Waals surface area contributed by atoms with Gasteiger partial charge in [0, 0.05) is 10.4 Å². The lowest BCUT2D eigenvalue weighted by Gasteiger charge is -2.13. The zero-order valence-electron chi connectivity index (χ0n) is 23.0. The fraction of sp³-hybridized carbons (Fsp3) is 0.0968. The van der Waals surface area contributed by atoms with Crippen molar-refractivity contribution >= 4 is 41.4 Å². The number of nitrogens with zero attached hydrogens (tertiary/aromatic N) is 1. The van der Waals surface area contributed by atoms with Crippen molar-refractivity contribution in [2.24, 2.45) is 5.10 Å². The smallest absolute Gasteiger partial charge is 0.343 e. The van der Waals surface area contributed by atoms with E-state index in [9.17, 15) is 14.4 Å². The molecule has 4 rings (SSSR count). The van der Waals surface area contributed by atoms with E-state index in [2.05, 4.69) is 15.8 Å². The van der Waals surface area contributed by atoms with Gasteiger partial charge in [-0.25, -0.2) is 10.2 Å². The Morgan fingerprint density at radius 3 is 2.19 bits per heavy atom. The molecule has 0 aliphatic rings. The minimum Gasteiger partial charge on any atom is -0.493 e. The first-order valence-corrected chi connectivity index (χ1v) is 13.4. The molecule has 2 amide bonds. The molecule has 0 bridgehead atoms. The molecule has 0 saturated carbocycles. The molecule has 1 aromatic heterocycles. The van der Waals surface area contributed by atoms with Gasteiger partial charge in [0.25, 0.3) is 11.8 Å². The average Bonchev–Trinajstić information content (AvgIpc) is 3.53. The molecule has 1 heterocycles. The largest absolute Gasteiger partial charge is 0.493 e. The van der Waals surface area contributed by atoms with E-state index in [1.54, 1.807) is 60.7 Å². The van der Waals surface area contributed by atoms with Crippen LogP contribution < -0.4 is 29.7 Å². The number of carbonyl (C=O) groups excluding carboxylic acids is 3. The summed E-state index contributed by atoms with van der Waals surface area (Å²) < 4.78 is 21.4. The number of carbonyl (C=O) groups is 3. The summed E-state index contributed by atoms with van der Waals surface area (Å²) in [4.78, 5) is 39.3. The molecule has 10 nitrogen and oxygen atoms in total. The summed E-state index contributed by atoms with van der Waals surface area (Å²) in [5, 5.41) is 8.52. The van der Waals surface area contributed by atoms with Gasteiger partial charge < -0.3 is 24.3 Å². The third kappa shape index (κ3) is 7.61. The van der Waals surface area contributed by atoms with E-state index in [0.29, 0.717) is 28.4 Å². The Kier molecular flexibility index (Phi) is 10.1. The fourth-order valence-corrected chi connectivity index (χ4v) is 4.36. The summed E-state index contributed by atoms with van der Waals surface area (Å²) in [5.74, 6) is -0.467. The van der Waals surface area contributed by atoms with Crippen molar-refractivity contribution in [1.82, 2.24) is 10.7 Å². The van der Waals surface area contributed by atoms with E-state index < -0.39 is 17.8 Å². The van der Waals surface area contributed by atoms with Crippen molar-refractivity contribution in [3.63, 3.8) is 0 Å². The van der Waals surface area contributed by atoms with Crippen LogP contribution in [0.1, 0.15) is 31.2 Å². The van der Waals surface area contributed by atoms with Gasteiger partial charge >= 0.3 is 5.97 Å². The van der Waals surface area contributed by atoms with Gasteiger partial charge in [-0.3, -0.25) is 9.59 Å². The molecule has 4 aromatic rings. The second-order valence-electron chi connectivity index (χ2n) is 8.47. The Hall–Kier alpha value is -5.42. The van der Waals surface area contributed by atoms with Crippen LogP contribution in [-0.4, -0.2) is 45.3 Å². The third-order valence-electron chi connectivity index (χ3n) is 5.71. The molecule has 0 atom stereocenters. The first-order valence-electron chi connectivity index (χ1n) is 12.5. The van der Waals surface area contributed by atoms with Crippen LogP contribution in [0.4, 0.5) is 0 Å². The first kappa shape index (κ1) is 29.6. The number of ether oxygens (including phenoxy) is 4. The van der Waals surface area contributed by atoms with Crippen LogP contribution in [0.2, 0.25) is 0 Å². The number of thiophene rings is 1. The van der Waals surface area contributed by atoms with Gasteiger partial charge in [0.1, 0.15) is 11.4 Å². The standard InChI is InChI=1S/C31H27N3O7S/c1-38-26-16-22(17-27(39-2)28(26)40-3)31(37)41-23-12-7-9-20(15-23)19-32-34-30(36)25(18-24-13-8-14-42-24)33-29(35)21-10-5-4-6-11-21/h4-19H,1-3H3,(H,33,35)(H,34,36). The monoisotopic (exact) mass is 585 g/mol. The lowest BCUT2D eigenvalue weighted by atomic mass is 10.1. The van der Waals surface area contributed by atoms with Gasteiger partial charge in [-0.05, 0) is 59.5 Å². The van der Waals surface area contributed by atoms with E-state index in [1.165, 1.54) is 51.0 Å². The van der Waals surface area contributed by atoms with Crippen LogP contribution >= 0.6 is 11.3 Å². The Bertz CT molecular complexity index is 1590. The van der Waals surface area contributed by atoms with Crippen molar-refractivity contribution in [3.05, 3.63) is 112 Å². The number of rotatable bonds is 11. The summed E-state index contributed by atoms with van der Waals surface area (Å²) in [6, 6.07) is 21.8. The number of amides is 2. The Balaban J connectivity index is 1.45. The highest BCUT2D eigenvalue weighted by Crippen LogP contribution is 2.38. The lowest BCUT2D eigenvalue weighted by Crippen LogP contribution is -2.32. The highest BCUT2D eigenvalue weighted by Gasteiger charge is 2.19. The quantitative estimate of drug-likeness (QED) is 0.0842. The third-order valence-corrected chi connectivity index (χ3v) is 6.53. The highest BCUT2D eigenvalue weighted by molar-refractivity contribution is 7.10. The number of hydrogen-bond donors (Lipinski definition) is 2. The minimum atomic E-state index is -0.644. The second-order valence-corrected chi connectivity index (χ2v) is 9.45. The predicted molar refractivity (Wildman–Crippen MR) is 159 cm³/mol. The second kappa shape index (κ2) is 14.3. The van der Waals surface area contributed by atoms with Gasteiger partial charge in [-0.15, -0.1) is 11.3 Å². The van der Waals surface area contributed by atoms with Crippen molar-refractivity contribution < 1.29 is 33.3 Å². The van der Waals surface area contributed by atoms with Crippen LogP contribution in [-0.2, 0) is 4.79 Å². The van der Waals surface area contributed by atoms with Crippen molar-refractivity contribution in [1.29, 1.82) is 0 Å². The molecule has 42 heavy (non-hydrogen) atoms. The van der Waals surface area contributed by atoms with Crippen LogP contribution in [0, 0.1) is 0 Å². The molecule has 0 unspecified atom stereocenters. The summed E-state index contributed by atoms with van der Waals surface area (Å²) in [7, 11) is 4.37. The molecule has 0 fully saturated rings. The van der Waals surface area contributed by atoms with E-state index in [0.717, 1.165) is 4.88 Å². The van der Waals surface area contributed by atoms with Crippen molar-refractivity contribution in [2.75, 3.05) is 21.3 Å². The summed E-state index contributed by atoms with van der Waals surface area (Å²) >= 11 is 1.42. The average molecular weight is 586 g/mol. The van der Waals surface area contributed by atoms with Gasteiger partial charge in [-0.2, -0.15) is 5.10 Å². The maximum Gasteiger partial charge on any atom is 0.343 e. The van der Waals surface area contributed by atoms with Gasteiger partial charge in [0.05, 0.1) is 33.1 Å². The van der Waals surface area contributed by atoms with E-state index in [-0.39, 0.29) is 17.0 Å². The summed E-state index contributed by atoms with van der Waals surface area (Å²) in [5.41, 5.74) is 3.60. The molecule has 2 N–H and O–H groups in total. The molecule has 3 aromatic carbocycles. The number of hydrazone groups is 1. The van der Waals surface area contributed by atoms with Crippen LogP contribution in [0.15, 0.2) is 95.0 Å². The van der Waals surface area contributed by atoms with Crippen LogP contribution in [0.25, 0.3) is 6.08 Å². The zero-order chi connectivity index (χ0) is 29.9. The molecule has 0 aliphatic carbocycles. The minimum absolute atomic E-state index is 0.0245. The number of methoxy groups -OCH3 is 3. The SMILES string of the molecule is COc1cc(C(=O)Oc2cccc(C=NNC(=O)C(=Cc3cccs3)NC(=O)c3ccccc3)c2)cc(OC)c1OC. The molecular weight excluding hydrogens is 558 g/mol. The first-order chi connectivity index (χ1) is 20.4. The molecule has 0 saturated heterocycles. The predicted octanol–water partition coefficient (Wildman–Crippen LogP) is 4.91. The Morgan fingerprint density at radius 2 is 1.55 bits per heavy atom. The molecule has 214 valence electrons. The normalized spacial score (nSPS) is 11.1. The van der Waals surface area contributed by atoms with E-state index >= 15 is 0 Å². The van der Waals surface area contributed by atoms with Crippen molar-refractivity contribution in [3.8, 4) is 23.0 Å². The molecule has 0 radical (unpaired) electrons. The number of hydrogen-bond acceptors (Lipinski definition) is 9. The highest BCUT2D eigenvalue weighted by atomic mass is 32.1. The zero-order valence-corrected chi connectivity index (χ0v) is 23.8. The van der Waals surface area contributed by atoms with Gasteiger partial charge in [0.2, 0.25) is 5.75 Å². The van der Waals surface area contributed by atoms with Crippen molar-refractivity contribution in [2.45, 2.75) is 0 Å². The number of benzene rings is 3.